The molecular weight excluding hydrogens is 260 g/mol. The molecule has 21 heavy (non-hydrogen) atoms. The molecule has 0 bridgehead atoms. The third kappa shape index (κ3) is 5.22. The Labute approximate surface area is 131 Å². The van der Waals surface area contributed by atoms with Crippen molar-refractivity contribution in [1.29, 1.82) is 0 Å². The van der Waals surface area contributed by atoms with Crippen molar-refractivity contribution < 1.29 is 5.11 Å². The van der Waals surface area contributed by atoms with E-state index in [9.17, 15) is 5.11 Å². The van der Waals surface area contributed by atoms with Gasteiger partial charge in [0.25, 0.3) is 0 Å². The van der Waals surface area contributed by atoms with Gasteiger partial charge in [0.2, 0.25) is 0 Å². The summed E-state index contributed by atoms with van der Waals surface area (Å²) < 4.78 is 0. The Hall–Kier alpha value is -0.120. The third-order valence-corrected chi connectivity index (χ3v) is 5.83. The van der Waals surface area contributed by atoms with Crippen molar-refractivity contribution in [3.63, 3.8) is 0 Å². The summed E-state index contributed by atoms with van der Waals surface area (Å²) in [7, 11) is 0. The maximum atomic E-state index is 10.8. The first kappa shape index (κ1) is 17.2. The second-order valence-electron chi connectivity index (χ2n) is 7.71. The van der Waals surface area contributed by atoms with E-state index in [1.807, 2.05) is 0 Å². The Kier molecular flexibility index (Phi) is 6.51. The first-order valence-corrected chi connectivity index (χ1v) is 9.22. The molecule has 0 spiro atoms. The van der Waals surface area contributed by atoms with Crippen LogP contribution < -0.4 is 5.32 Å². The molecule has 3 heteroatoms. The fraction of sp³-hybridized carbons (Fsp3) is 1.00. The summed E-state index contributed by atoms with van der Waals surface area (Å²) in [5.74, 6) is 0.850. The molecule has 1 aliphatic carbocycles. The molecule has 1 heterocycles. The van der Waals surface area contributed by atoms with E-state index in [4.69, 9.17) is 0 Å². The van der Waals surface area contributed by atoms with E-state index < -0.39 is 5.60 Å². The lowest BCUT2D eigenvalue weighted by Crippen LogP contribution is -2.46. The van der Waals surface area contributed by atoms with Crippen LogP contribution in [0.3, 0.4) is 0 Å². The number of aliphatic hydroxyl groups is 1. The van der Waals surface area contributed by atoms with Gasteiger partial charge in [-0.05, 0) is 77.8 Å². The van der Waals surface area contributed by atoms with Gasteiger partial charge in [-0.2, -0.15) is 0 Å². The van der Waals surface area contributed by atoms with Crippen molar-refractivity contribution in [2.24, 2.45) is 5.92 Å². The highest BCUT2D eigenvalue weighted by Crippen LogP contribution is 2.33. The molecular formula is C18H36N2O. The van der Waals surface area contributed by atoms with Gasteiger partial charge >= 0.3 is 0 Å². The van der Waals surface area contributed by atoms with Crippen LogP contribution in [0.2, 0.25) is 0 Å². The molecule has 2 aliphatic rings. The summed E-state index contributed by atoms with van der Waals surface area (Å²) in [4.78, 5) is 2.59. The maximum Gasteiger partial charge on any atom is 0.0771 e. The van der Waals surface area contributed by atoms with Crippen LogP contribution in [0.25, 0.3) is 0 Å². The lowest BCUT2D eigenvalue weighted by molar-refractivity contribution is -0.0109. The number of rotatable bonds is 5. The summed E-state index contributed by atoms with van der Waals surface area (Å²) in [5.41, 5.74) is -0.435. The van der Waals surface area contributed by atoms with Gasteiger partial charge in [-0.25, -0.2) is 0 Å². The molecule has 0 amide bonds. The molecule has 0 aromatic rings. The zero-order chi connectivity index (χ0) is 15.3. The molecule has 1 saturated carbocycles. The highest BCUT2D eigenvalue weighted by Gasteiger charge is 2.33. The first-order valence-electron chi connectivity index (χ1n) is 9.22. The molecule has 2 rings (SSSR count). The van der Waals surface area contributed by atoms with Crippen molar-refractivity contribution in [1.82, 2.24) is 10.2 Å². The van der Waals surface area contributed by atoms with E-state index in [0.717, 1.165) is 25.3 Å². The minimum Gasteiger partial charge on any atom is -0.389 e. The summed E-state index contributed by atoms with van der Waals surface area (Å²) in [5, 5.41) is 14.4. The van der Waals surface area contributed by atoms with E-state index in [-0.39, 0.29) is 0 Å². The Balaban J connectivity index is 1.73. The van der Waals surface area contributed by atoms with Crippen molar-refractivity contribution in [2.75, 3.05) is 19.6 Å². The Morgan fingerprint density at radius 3 is 2.48 bits per heavy atom. The van der Waals surface area contributed by atoms with E-state index in [2.05, 4.69) is 31.0 Å². The summed E-state index contributed by atoms with van der Waals surface area (Å²) in [6, 6.07) is 1.26. The number of hydrogen-bond acceptors (Lipinski definition) is 3. The standard InChI is InChI=1S/C18H36N2O/c1-4-16-7-10-18(21,11-8-16)14-19-17-6-5-12-20(13-9-17)15(2)3/h15-17,19,21H,4-14H2,1-3H3. The van der Waals surface area contributed by atoms with Gasteiger partial charge in [-0.1, -0.05) is 13.3 Å². The van der Waals surface area contributed by atoms with Gasteiger partial charge in [0, 0.05) is 18.6 Å². The maximum absolute atomic E-state index is 10.8. The number of nitrogens with one attached hydrogen (secondary N) is 1. The summed E-state index contributed by atoms with van der Waals surface area (Å²) in [6.07, 6.45) is 9.44. The molecule has 0 aromatic heterocycles. The zero-order valence-electron chi connectivity index (χ0n) is 14.4. The Bertz CT molecular complexity index is 298. The van der Waals surface area contributed by atoms with Crippen molar-refractivity contribution in [2.45, 2.75) is 89.8 Å². The van der Waals surface area contributed by atoms with Crippen molar-refractivity contribution >= 4 is 0 Å². The molecule has 2 fully saturated rings. The first-order chi connectivity index (χ1) is 10.0. The van der Waals surface area contributed by atoms with E-state index in [1.165, 1.54) is 51.6 Å². The number of likely N-dealkylation sites (tertiary alicyclic amines) is 1. The molecule has 0 radical (unpaired) electrons. The quantitative estimate of drug-likeness (QED) is 0.818. The number of hydrogen-bond donors (Lipinski definition) is 2. The van der Waals surface area contributed by atoms with Gasteiger partial charge in [-0.3, -0.25) is 0 Å². The predicted octanol–water partition coefficient (Wildman–Crippen LogP) is 3.17. The molecule has 1 unspecified atom stereocenters. The summed E-state index contributed by atoms with van der Waals surface area (Å²) >= 11 is 0. The summed E-state index contributed by atoms with van der Waals surface area (Å²) in [6.45, 7) is 10.1. The van der Waals surface area contributed by atoms with Gasteiger partial charge in [0.15, 0.2) is 0 Å². The van der Waals surface area contributed by atoms with E-state index >= 15 is 0 Å². The molecule has 1 saturated heterocycles. The second-order valence-corrected chi connectivity index (χ2v) is 7.71. The third-order valence-electron chi connectivity index (χ3n) is 5.83. The van der Waals surface area contributed by atoms with Crippen LogP contribution in [0.4, 0.5) is 0 Å². The highest BCUT2D eigenvalue weighted by molar-refractivity contribution is 4.89. The van der Waals surface area contributed by atoms with Gasteiger partial charge in [0.05, 0.1) is 5.60 Å². The average Bonchev–Trinajstić information content (AvgIpc) is 2.72. The van der Waals surface area contributed by atoms with Gasteiger partial charge in [-0.15, -0.1) is 0 Å². The van der Waals surface area contributed by atoms with Crippen molar-refractivity contribution in [3.05, 3.63) is 0 Å². The molecule has 3 nitrogen and oxygen atoms in total. The topological polar surface area (TPSA) is 35.5 Å². The van der Waals surface area contributed by atoms with Gasteiger partial charge in [0.1, 0.15) is 0 Å². The van der Waals surface area contributed by atoms with Crippen LogP contribution in [0.15, 0.2) is 0 Å². The van der Waals surface area contributed by atoms with Crippen LogP contribution in [0.5, 0.6) is 0 Å². The van der Waals surface area contributed by atoms with Crippen LogP contribution in [-0.4, -0.2) is 47.3 Å². The normalized spacial score (nSPS) is 35.9. The molecule has 124 valence electrons. The molecule has 1 aliphatic heterocycles. The second kappa shape index (κ2) is 7.94. The van der Waals surface area contributed by atoms with E-state index in [1.54, 1.807) is 0 Å². The molecule has 1 atom stereocenters. The fourth-order valence-corrected chi connectivity index (χ4v) is 3.97. The van der Waals surface area contributed by atoms with Crippen LogP contribution in [0.1, 0.15) is 72.1 Å². The molecule has 0 aromatic carbocycles. The highest BCUT2D eigenvalue weighted by atomic mass is 16.3. The predicted molar refractivity (Wildman–Crippen MR) is 89.5 cm³/mol. The fourth-order valence-electron chi connectivity index (χ4n) is 3.97. The number of nitrogens with zero attached hydrogens (tertiary/aromatic N) is 1. The average molecular weight is 296 g/mol. The Morgan fingerprint density at radius 2 is 1.86 bits per heavy atom. The Morgan fingerprint density at radius 1 is 1.14 bits per heavy atom. The lowest BCUT2D eigenvalue weighted by Gasteiger charge is -2.37. The van der Waals surface area contributed by atoms with E-state index in [0.29, 0.717) is 12.1 Å². The smallest absolute Gasteiger partial charge is 0.0771 e. The van der Waals surface area contributed by atoms with Crippen molar-refractivity contribution in [3.8, 4) is 0 Å². The largest absolute Gasteiger partial charge is 0.389 e. The van der Waals surface area contributed by atoms with Gasteiger partial charge < -0.3 is 15.3 Å². The minimum absolute atomic E-state index is 0.435. The minimum atomic E-state index is -0.435. The van der Waals surface area contributed by atoms with Crippen LogP contribution >= 0.6 is 0 Å². The van der Waals surface area contributed by atoms with Crippen LogP contribution in [0, 0.1) is 5.92 Å². The molecule has 2 N–H and O–H groups in total. The SMILES string of the molecule is CCC1CCC(O)(CNC2CCCN(C(C)C)CC2)CC1. The van der Waals surface area contributed by atoms with Crippen LogP contribution in [-0.2, 0) is 0 Å². The lowest BCUT2D eigenvalue weighted by atomic mass is 9.77. The zero-order valence-corrected chi connectivity index (χ0v) is 14.4. The monoisotopic (exact) mass is 296 g/mol.